The summed E-state index contributed by atoms with van der Waals surface area (Å²) >= 11 is 0. The Hall–Kier alpha value is 0.314. The Morgan fingerprint density at radius 3 is 1.50 bits per heavy atom. The highest BCUT2D eigenvalue weighted by Gasteiger charge is 2.14. The Labute approximate surface area is 67.3 Å². The van der Waals surface area contributed by atoms with E-state index in [1.165, 1.54) is 0 Å². The van der Waals surface area contributed by atoms with Gasteiger partial charge >= 0.3 is 0 Å². The maximum Gasteiger partial charge on any atom is 0.177 e. The first-order valence-electron chi connectivity index (χ1n) is 3.70. The lowest BCUT2D eigenvalue weighted by Gasteiger charge is -2.27. The Morgan fingerprint density at radius 2 is 1.30 bits per heavy atom. The van der Waals surface area contributed by atoms with Gasteiger partial charge in [0.2, 0.25) is 0 Å². The standard InChI is InChI=1S/C5H19N3Si2/c1-6-9(4)8(3)10(5)7-2/h6-7,9-10H,1-5H3. The molecule has 0 aromatic heterocycles. The van der Waals surface area contributed by atoms with Crippen LogP contribution >= 0.6 is 0 Å². The average molecular weight is 177 g/mol. The number of nitrogens with one attached hydrogen (secondary N) is 2. The van der Waals surface area contributed by atoms with Crippen molar-refractivity contribution in [1.82, 2.24) is 14.2 Å². The monoisotopic (exact) mass is 177 g/mol. The normalized spacial score (nSPS) is 17.4. The van der Waals surface area contributed by atoms with Crippen LogP contribution < -0.4 is 9.96 Å². The molecule has 0 aliphatic carbocycles. The summed E-state index contributed by atoms with van der Waals surface area (Å²) in [6, 6.07) is 0. The zero-order valence-electron chi connectivity index (χ0n) is 7.60. The van der Waals surface area contributed by atoms with Gasteiger partial charge in [-0.3, -0.25) is 0 Å². The van der Waals surface area contributed by atoms with E-state index in [1.54, 1.807) is 0 Å². The van der Waals surface area contributed by atoms with Crippen LogP contribution in [0.1, 0.15) is 0 Å². The van der Waals surface area contributed by atoms with Crippen molar-refractivity contribution in [2.24, 2.45) is 0 Å². The highest BCUT2D eigenvalue weighted by atomic mass is 28.4. The fourth-order valence-electron chi connectivity index (χ4n) is 0.743. The van der Waals surface area contributed by atoms with Crippen molar-refractivity contribution in [1.29, 1.82) is 0 Å². The molecule has 0 aromatic rings. The summed E-state index contributed by atoms with van der Waals surface area (Å²) in [6.45, 7) is 4.61. The number of hydrogen-bond acceptors (Lipinski definition) is 3. The lowest BCUT2D eigenvalue weighted by molar-refractivity contribution is 0.752. The third kappa shape index (κ3) is 2.93. The summed E-state index contributed by atoms with van der Waals surface area (Å²) in [7, 11) is 4.76. The maximum absolute atomic E-state index is 3.34. The van der Waals surface area contributed by atoms with Gasteiger partial charge in [0.15, 0.2) is 18.2 Å². The van der Waals surface area contributed by atoms with Crippen molar-refractivity contribution in [3.8, 4) is 0 Å². The van der Waals surface area contributed by atoms with Gasteiger partial charge in [0, 0.05) is 0 Å². The van der Waals surface area contributed by atoms with Crippen molar-refractivity contribution in [2.75, 3.05) is 21.1 Å². The first-order chi connectivity index (χ1) is 4.63. The molecular formula is C5H19N3Si2. The van der Waals surface area contributed by atoms with Crippen LogP contribution in [0.4, 0.5) is 0 Å². The Balaban J connectivity index is 3.69. The van der Waals surface area contributed by atoms with Crippen LogP contribution in [-0.2, 0) is 0 Å². The van der Waals surface area contributed by atoms with Crippen LogP contribution in [0.25, 0.3) is 0 Å². The Bertz CT molecular complexity index is 81.0. The van der Waals surface area contributed by atoms with Crippen LogP contribution in [0.3, 0.4) is 0 Å². The third-order valence-corrected chi connectivity index (χ3v) is 8.86. The average Bonchev–Trinajstić information content (AvgIpc) is 2.00. The molecule has 0 aliphatic heterocycles. The van der Waals surface area contributed by atoms with Crippen LogP contribution in [0.15, 0.2) is 0 Å². The van der Waals surface area contributed by atoms with E-state index >= 15 is 0 Å². The Kier molecular flexibility index (Phi) is 5.19. The fraction of sp³-hybridized carbons (Fsp3) is 1.00. The van der Waals surface area contributed by atoms with Gasteiger partial charge in [0.25, 0.3) is 0 Å². The van der Waals surface area contributed by atoms with E-state index in [-0.39, 0.29) is 0 Å². The first-order valence-corrected chi connectivity index (χ1v) is 8.19. The second-order valence-electron chi connectivity index (χ2n) is 2.59. The summed E-state index contributed by atoms with van der Waals surface area (Å²) in [5, 5.41) is 0. The molecule has 0 saturated heterocycles. The molecule has 10 heavy (non-hydrogen) atoms. The third-order valence-electron chi connectivity index (χ3n) is 2.06. The smallest absolute Gasteiger partial charge is 0.177 e. The highest BCUT2D eigenvalue weighted by Crippen LogP contribution is 1.88. The summed E-state index contributed by atoms with van der Waals surface area (Å²) in [5.74, 6) is 0. The summed E-state index contributed by atoms with van der Waals surface area (Å²) in [6.07, 6.45) is 0. The number of nitrogens with zero attached hydrogens (tertiary/aromatic N) is 1. The van der Waals surface area contributed by atoms with Crippen molar-refractivity contribution in [3.63, 3.8) is 0 Å². The fourth-order valence-corrected chi connectivity index (χ4v) is 5.13. The molecule has 0 fully saturated rings. The van der Waals surface area contributed by atoms with E-state index < -0.39 is 18.2 Å². The molecule has 0 aromatic carbocycles. The predicted molar refractivity (Wildman–Crippen MR) is 51.9 cm³/mol. The minimum atomic E-state index is -0.768. The lowest BCUT2D eigenvalue weighted by atomic mass is 11.6. The zero-order valence-corrected chi connectivity index (χ0v) is 9.91. The molecule has 62 valence electrons. The van der Waals surface area contributed by atoms with Crippen LogP contribution in [0.5, 0.6) is 0 Å². The predicted octanol–water partition coefficient (Wildman–Crippen LogP) is -0.942. The molecule has 0 saturated carbocycles. The van der Waals surface area contributed by atoms with Gasteiger partial charge in [-0.2, -0.15) is 0 Å². The summed E-state index contributed by atoms with van der Waals surface area (Å²) < 4.78 is 2.50. The number of rotatable bonds is 4. The van der Waals surface area contributed by atoms with Gasteiger partial charge < -0.3 is 14.2 Å². The van der Waals surface area contributed by atoms with Crippen molar-refractivity contribution < 1.29 is 0 Å². The van der Waals surface area contributed by atoms with Crippen molar-refractivity contribution in [2.45, 2.75) is 13.1 Å². The van der Waals surface area contributed by atoms with Gasteiger partial charge in [0.1, 0.15) is 0 Å². The minimum Gasteiger partial charge on any atom is -0.331 e. The topological polar surface area (TPSA) is 27.3 Å². The van der Waals surface area contributed by atoms with E-state index in [2.05, 4.69) is 34.3 Å². The van der Waals surface area contributed by atoms with Crippen LogP contribution in [-0.4, -0.2) is 43.6 Å². The molecule has 0 rings (SSSR count). The van der Waals surface area contributed by atoms with Crippen molar-refractivity contribution in [3.05, 3.63) is 0 Å². The zero-order chi connectivity index (χ0) is 8.15. The lowest BCUT2D eigenvalue weighted by Crippen LogP contribution is -2.55. The maximum atomic E-state index is 3.34. The molecule has 0 aliphatic rings. The quantitative estimate of drug-likeness (QED) is 0.543. The van der Waals surface area contributed by atoms with E-state index in [0.29, 0.717) is 0 Å². The molecule has 0 radical (unpaired) electrons. The van der Waals surface area contributed by atoms with Gasteiger partial charge in [-0.25, -0.2) is 0 Å². The largest absolute Gasteiger partial charge is 0.331 e. The molecule has 0 heterocycles. The molecule has 2 unspecified atom stereocenters. The molecule has 0 amide bonds. The molecular weight excluding hydrogens is 158 g/mol. The van der Waals surface area contributed by atoms with Gasteiger partial charge in [-0.1, -0.05) is 0 Å². The Morgan fingerprint density at radius 1 is 1.00 bits per heavy atom. The van der Waals surface area contributed by atoms with Gasteiger partial charge in [-0.05, 0) is 34.2 Å². The summed E-state index contributed by atoms with van der Waals surface area (Å²) in [5.41, 5.74) is 0. The highest BCUT2D eigenvalue weighted by molar-refractivity contribution is 6.68. The molecule has 3 nitrogen and oxygen atoms in total. The van der Waals surface area contributed by atoms with E-state index in [4.69, 9.17) is 0 Å². The van der Waals surface area contributed by atoms with Crippen molar-refractivity contribution >= 4 is 18.2 Å². The van der Waals surface area contributed by atoms with Crippen LogP contribution in [0, 0.1) is 0 Å². The van der Waals surface area contributed by atoms with Crippen LogP contribution in [0.2, 0.25) is 13.1 Å². The molecule has 2 atom stereocenters. The molecule has 2 N–H and O–H groups in total. The second kappa shape index (κ2) is 5.03. The SMILES string of the molecule is CN[SiH](C)N(C)[SiH](C)NC. The van der Waals surface area contributed by atoms with E-state index in [1.807, 2.05) is 14.1 Å². The summed E-state index contributed by atoms with van der Waals surface area (Å²) in [4.78, 5) is 6.68. The molecule has 0 spiro atoms. The molecule has 5 heteroatoms. The minimum absolute atomic E-state index is 0.768. The second-order valence-corrected chi connectivity index (χ2v) is 8.68. The van der Waals surface area contributed by atoms with Gasteiger partial charge in [-0.15, -0.1) is 0 Å². The van der Waals surface area contributed by atoms with Gasteiger partial charge in [0.05, 0.1) is 0 Å². The van der Waals surface area contributed by atoms with E-state index in [9.17, 15) is 0 Å². The first kappa shape index (κ1) is 10.3. The number of hydrogen-bond donors (Lipinski definition) is 2. The van der Waals surface area contributed by atoms with E-state index in [0.717, 1.165) is 0 Å². The molecule has 0 bridgehead atoms.